The van der Waals surface area contributed by atoms with Gasteiger partial charge >= 0.3 is 11.3 Å². The summed E-state index contributed by atoms with van der Waals surface area (Å²) in [6.07, 6.45) is 1.58. The van der Waals surface area contributed by atoms with Crippen LogP contribution in [0.3, 0.4) is 0 Å². The van der Waals surface area contributed by atoms with Gasteiger partial charge in [-0.05, 0) is 56.2 Å². The first-order valence-corrected chi connectivity index (χ1v) is 11.6. The molecule has 0 radical (unpaired) electrons. The van der Waals surface area contributed by atoms with E-state index in [9.17, 15) is 19.8 Å². The van der Waals surface area contributed by atoms with Gasteiger partial charge in [-0.1, -0.05) is 18.6 Å². The third kappa shape index (κ3) is 3.22. The molecule has 2 aromatic heterocycles. The van der Waals surface area contributed by atoms with E-state index in [4.69, 9.17) is 13.6 Å². The van der Waals surface area contributed by atoms with E-state index >= 15 is 0 Å². The molecule has 2 aromatic carbocycles. The molecule has 0 saturated carbocycles. The van der Waals surface area contributed by atoms with Crippen LogP contribution in [-0.4, -0.2) is 16.3 Å². The van der Waals surface area contributed by atoms with Gasteiger partial charge in [-0.25, -0.2) is 9.59 Å². The summed E-state index contributed by atoms with van der Waals surface area (Å²) in [7, 11) is 0. The summed E-state index contributed by atoms with van der Waals surface area (Å²) < 4.78 is 17.5. The van der Waals surface area contributed by atoms with E-state index in [1.165, 1.54) is 23.8 Å². The molecule has 4 aromatic rings. The first kappa shape index (κ1) is 21.7. The highest BCUT2D eigenvalue weighted by Gasteiger charge is 2.53. The summed E-state index contributed by atoms with van der Waals surface area (Å²) >= 11 is 0. The largest absolute Gasteiger partial charge is 0.507 e. The fourth-order valence-corrected chi connectivity index (χ4v) is 5.72. The molecule has 0 saturated heterocycles. The monoisotopic (exact) mass is 472 g/mol. The lowest BCUT2D eigenvalue weighted by atomic mass is 9.60. The summed E-state index contributed by atoms with van der Waals surface area (Å²) in [6, 6.07) is 12.8. The number of aliphatic hydroxyl groups is 1. The van der Waals surface area contributed by atoms with Crippen LogP contribution in [0.15, 0.2) is 78.6 Å². The van der Waals surface area contributed by atoms with Crippen LogP contribution in [0, 0.1) is 5.41 Å². The summed E-state index contributed by atoms with van der Waals surface area (Å²) in [5, 5.41) is 23.9. The van der Waals surface area contributed by atoms with Crippen LogP contribution in [-0.2, 0) is 0 Å². The van der Waals surface area contributed by atoms with Crippen molar-refractivity contribution in [2.75, 3.05) is 0 Å². The molecule has 2 aliphatic rings. The third-order valence-electron chi connectivity index (χ3n) is 7.61. The smallest absolute Gasteiger partial charge is 0.336 e. The van der Waals surface area contributed by atoms with Crippen LogP contribution >= 0.6 is 0 Å². The second-order valence-corrected chi connectivity index (χ2v) is 9.80. The average molecular weight is 472 g/mol. The van der Waals surface area contributed by atoms with Crippen molar-refractivity contribution in [3.8, 4) is 11.5 Å². The van der Waals surface area contributed by atoms with Crippen LogP contribution in [0.25, 0.3) is 21.9 Å². The number of aliphatic hydroxyl groups excluding tert-OH is 1. The van der Waals surface area contributed by atoms with Crippen molar-refractivity contribution in [3.63, 3.8) is 0 Å². The predicted octanol–water partition coefficient (Wildman–Crippen LogP) is 4.93. The lowest BCUT2D eigenvalue weighted by Crippen LogP contribution is -2.49. The van der Waals surface area contributed by atoms with Gasteiger partial charge in [-0.15, -0.1) is 0 Å². The number of allylic oxidation sites excluding steroid dienone is 2. The highest BCUT2D eigenvalue weighted by Crippen LogP contribution is 2.58. The van der Waals surface area contributed by atoms with E-state index in [0.717, 1.165) is 17.4 Å². The van der Waals surface area contributed by atoms with Crippen molar-refractivity contribution in [2.45, 2.75) is 44.8 Å². The maximum Gasteiger partial charge on any atom is 0.336 e. The summed E-state index contributed by atoms with van der Waals surface area (Å²) in [6.45, 7) is 4.10. The predicted molar refractivity (Wildman–Crippen MR) is 130 cm³/mol. The second kappa shape index (κ2) is 7.58. The van der Waals surface area contributed by atoms with Gasteiger partial charge in [0.05, 0.1) is 5.56 Å². The molecule has 35 heavy (non-hydrogen) atoms. The third-order valence-corrected chi connectivity index (χ3v) is 7.61. The Labute approximate surface area is 199 Å². The van der Waals surface area contributed by atoms with Crippen molar-refractivity contribution in [2.24, 2.45) is 5.41 Å². The minimum Gasteiger partial charge on any atom is -0.507 e. The molecule has 6 rings (SSSR count). The molecule has 7 nitrogen and oxygen atoms in total. The molecule has 7 heteroatoms. The van der Waals surface area contributed by atoms with Crippen LogP contribution in [0.2, 0.25) is 0 Å². The zero-order valence-electron chi connectivity index (χ0n) is 19.3. The Morgan fingerprint density at radius 3 is 2.31 bits per heavy atom. The molecule has 1 aliphatic heterocycles. The molecule has 0 spiro atoms. The molecular weight excluding hydrogens is 448 g/mol. The Kier molecular flexibility index (Phi) is 4.70. The fraction of sp³-hybridized carbons (Fsp3) is 0.286. The minimum atomic E-state index is -1.30. The molecular formula is C28H24O7. The molecule has 0 unspecified atom stereocenters. The Morgan fingerprint density at radius 1 is 0.943 bits per heavy atom. The summed E-state index contributed by atoms with van der Waals surface area (Å²) in [5.41, 5.74) is 1.07. The molecule has 178 valence electrons. The SMILES string of the molecule is CC1=C[C@H]2c3c(ccc4ccc(=O)oc34)O[C@H]([C@H](O)c3c(O)ccc4ccc(=O)oc34)[C@@]2(C)CC1. The number of fused-ring (bicyclic) bond motifs is 6. The minimum absolute atomic E-state index is 0.118. The topological polar surface area (TPSA) is 110 Å². The van der Waals surface area contributed by atoms with Crippen molar-refractivity contribution < 1.29 is 23.8 Å². The number of phenols is 1. The average Bonchev–Trinajstić information content (AvgIpc) is 2.83. The van der Waals surface area contributed by atoms with Crippen molar-refractivity contribution >= 4 is 21.9 Å². The van der Waals surface area contributed by atoms with E-state index in [1.807, 2.05) is 19.1 Å². The Morgan fingerprint density at radius 2 is 1.57 bits per heavy atom. The van der Waals surface area contributed by atoms with Crippen LogP contribution in [0.1, 0.15) is 49.8 Å². The van der Waals surface area contributed by atoms with Crippen molar-refractivity contribution in [3.05, 3.63) is 92.1 Å². The molecule has 1 aliphatic carbocycles. The first-order valence-electron chi connectivity index (χ1n) is 11.6. The zero-order chi connectivity index (χ0) is 24.5. The van der Waals surface area contributed by atoms with Gasteiger partial charge in [0.15, 0.2) is 0 Å². The van der Waals surface area contributed by atoms with Crippen molar-refractivity contribution in [1.82, 2.24) is 0 Å². The van der Waals surface area contributed by atoms with Gasteiger partial charge in [0.25, 0.3) is 0 Å². The van der Waals surface area contributed by atoms with Crippen LogP contribution in [0.4, 0.5) is 0 Å². The molecule has 0 amide bonds. The van der Waals surface area contributed by atoms with E-state index < -0.39 is 28.9 Å². The van der Waals surface area contributed by atoms with E-state index in [-0.39, 0.29) is 22.8 Å². The standard InChI is InChI=1S/C28H24O7/c1-14-11-12-28(2)17(13-14)22-19(8-4-16-6-10-20(30)34-25(16)22)33-27(28)24(32)23-18(29)7-3-15-5-9-21(31)35-26(15)23/h3-10,13,17,24,27,29,32H,11-12H2,1-2H3/t17-,24+,27+,28-/m0/s1. The van der Waals surface area contributed by atoms with Gasteiger partial charge in [0.2, 0.25) is 0 Å². The molecule has 0 bridgehead atoms. The molecule has 0 fully saturated rings. The number of hydrogen-bond donors (Lipinski definition) is 2. The van der Waals surface area contributed by atoms with Gasteiger partial charge in [0.1, 0.15) is 34.9 Å². The molecule has 2 N–H and O–H groups in total. The van der Waals surface area contributed by atoms with Gasteiger partial charge in [0, 0.05) is 39.8 Å². The van der Waals surface area contributed by atoms with E-state index in [1.54, 1.807) is 18.2 Å². The Hall–Kier alpha value is -3.84. The van der Waals surface area contributed by atoms with E-state index in [0.29, 0.717) is 23.1 Å². The zero-order valence-corrected chi connectivity index (χ0v) is 19.3. The summed E-state index contributed by atoms with van der Waals surface area (Å²) in [4.78, 5) is 24.1. The number of ether oxygens (including phenoxy) is 1. The van der Waals surface area contributed by atoms with Crippen LogP contribution < -0.4 is 16.0 Å². The fourth-order valence-electron chi connectivity index (χ4n) is 5.72. The Balaban J connectivity index is 1.59. The number of hydrogen-bond acceptors (Lipinski definition) is 7. The highest BCUT2D eigenvalue weighted by molar-refractivity contribution is 5.84. The first-order chi connectivity index (χ1) is 16.8. The van der Waals surface area contributed by atoms with Gasteiger partial charge in [-0.2, -0.15) is 0 Å². The van der Waals surface area contributed by atoms with E-state index in [2.05, 4.69) is 13.0 Å². The quantitative estimate of drug-likeness (QED) is 0.314. The van der Waals surface area contributed by atoms with Crippen molar-refractivity contribution in [1.29, 1.82) is 0 Å². The number of aromatic hydroxyl groups is 1. The Bertz CT molecular complexity index is 1640. The number of benzene rings is 2. The number of rotatable bonds is 2. The maximum atomic E-state index is 12.1. The van der Waals surface area contributed by atoms with Gasteiger partial charge < -0.3 is 23.8 Å². The lowest BCUT2D eigenvalue weighted by molar-refractivity contribution is -0.0684. The molecule has 3 heterocycles. The second-order valence-electron chi connectivity index (χ2n) is 9.80. The van der Waals surface area contributed by atoms with Crippen LogP contribution in [0.5, 0.6) is 11.5 Å². The normalized spacial score (nSPS) is 24.4. The lowest BCUT2D eigenvalue weighted by Gasteiger charge is -2.50. The highest BCUT2D eigenvalue weighted by atomic mass is 16.5. The molecule has 4 atom stereocenters. The summed E-state index contributed by atoms with van der Waals surface area (Å²) in [5.74, 6) is 0.115. The number of phenolic OH excluding ortho intramolecular Hbond substituents is 1. The van der Waals surface area contributed by atoms with Gasteiger partial charge in [-0.3, -0.25) is 0 Å². The maximum absolute atomic E-state index is 12.1.